The van der Waals surface area contributed by atoms with E-state index in [9.17, 15) is 4.79 Å². The van der Waals surface area contributed by atoms with Gasteiger partial charge < -0.3 is 14.1 Å². The smallest absolute Gasteiger partial charge is 0.371 e. The molecule has 2 heterocycles. The first-order valence-electron chi connectivity index (χ1n) is 4.41. The second-order valence-electron chi connectivity index (χ2n) is 3.22. The van der Waals surface area contributed by atoms with Crippen molar-refractivity contribution >= 4 is 5.97 Å². The molecule has 0 saturated heterocycles. The monoisotopic (exact) mass is 206 g/mol. The molecule has 0 atom stereocenters. The molecule has 15 heavy (non-hydrogen) atoms. The average Bonchev–Trinajstić information content (AvgIpc) is 2.76. The summed E-state index contributed by atoms with van der Waals surface area (Å²) in [5, 5.41) is 8.70. The Morgan fingerprint density at radius 1 is 1.53 bits per heavy atom. The fourth-order valence-corrected chi connectivity index (χ4v) is 1.32. The number of hydrogen-bond acceptors (Lipinski definition) is 3. The lowest BCUT2D eigenvalue weighted by Crippen LogP contribution is -1.94. The third-order valence-electron chi connectivity index (χ3n) is 2.29. The summed E-state index contributed by atoms with van der Waals surface area (Å²) in [6.07, 6.45) is 1.65. The molecule has 0 bridgehead atoms. The Balaban J connectivity index is 2.46. The van der Waals surface area contributed by atoms with Gasteiger partial charge in [-0.3, -0.25) is 0 Å². The minimum atomic E-state index is -1.07. The molecule has 5 heteroatoms. The van der Waals surface area contributed by atoms with E-state index < -0.39 is 5.97 Å². The molecule has 1 N–H and O–H groups in total. The molecule has 2 aromatic rings. The lowest BCUT2D eigenvalue weighted by molar-refractivity contribution is 0.0663. The van der Waals surface area contributed by atoms with Gasteiger partial charge in [0.05, 0.1) is 6.20 Å². The highest BCUT2D eigenvalue weighted by molar-refractivity contribution is 5.85. The molecule has 0 aliphatic carbocycles. The molecule has 0 aliphatic rings. The predicted octanol–water partition coefficient (Wildman–Crippen LogP) is 1.69. The van der Waals surface area contributed by atoms with Gasteiger partial charge in [-0.15, -0.1) is 0 Å². The third-order valence-corrected chi connectivity index (χ3v) is 2.29. The number of aromatic nitrogens is 2. The first-order chi connectivity index (χ1) is 7.09. The summed E-state index contributed by atoms with van der Waals surface area (Å²) in [4.78, 5) is 14.7. The second-order valence-corrected chi connectivity index (χ2v) is 3.22. The Morgan fingerprint density at radius 2 is 2.27 bits per heavy atom. The van der Waals surface area contributed by atoms with Gasteiger partial charge in [0.15, 0.2) is 5.76 Å². The Bertz CT molecular complexity index is 510. The number of carbonyl (C=O) groups is 1. The van der Waals surface area contributed by atoms with Crippen LogP contribution < -0.4 is 0 Å². The van der Waals surface area contributed by atoms with E-state index in [1.807, 2.05) is 18.5 Å². The zero-order chi connectivity index (χ0) is 11.0. The summed E-state index contributed by atoms with van der Waals surface area (Å²) in [7, 11) is 1.85. The van der Waals surface area contributed by atoms with Crippen LogP contribution in [0.3, 0.4) is 0 Å². The average molecular weight is 206 g/mol. The highest BCUT2D eigenvalue weighted by Crippen LogP contribution is 2.22. The van der Waals surface area contributed by atoms with Gasteiger partial charge in [0, 0.05) is 7.05 Å². The van der Waals surface area contributed by atoms with Gasteiger partial charge in [0.2, 0.25) is 5.76 Å². The lowest BCUT2D eigenvalue weighted by Gasteiger charge is -1.99. The van der Waals surface area contributed by atoms with Crippen LogP contribution in [0.25, 0.3) is 11.5 Å². The molecule has 2 aromatic heterocycles. The SMILES string of the molecule is Cc1ncc(-c2ccc(C(=O)O)o2)n1C. The Hall–Kier alpha value is -2.04. The van der Waals surface area contributed by atoms with Gasteiger partial charge in [0.1, 0.15) is 11.5 Å². The number of imidazole rings is 1. The van der Waals surface area contributed by atoms with Crippen molar-refractivity contribution < 1.29 is 14.3 Å². The first kappa shape index (κ1) is 9.51. The summed E-state index contributed by atoms with van der Waals surface area (Å²) in [6, 6.07) is 3.06. The van der Waals surface area contributed by atoms with E-state index in [2.05, 4.69) is 4.98 Å². The van der Waals surface area contributed by atoms with Crippen LogP contribution in [-0.2, 0) is 7.05 Å². The maximum Gasteiger partial charge on any atom is 0.371 e. The first-order valence-corrected chi connectivity index (χ1v) is 4.41. The summed E-state index contributed by atoms with van der Waals surface area (Å²) in [5.74, 6) is 0.220. The standard InChI is InChI=1S/C10H10N2O3/c1-6-11-5-7(12(6)2)8-3-4-9(15-8)10(13)14/h3-5H,1-2H3,(H,13,14). The number of aryl methyl sites for hydroxylation is 1. The van der Waals surface area contributed by atoms with Crippen LogP contribution in [0.5, 0.6) is 0 Å². The maximum absolute atomic E-state index is 10.6. The molecular formula is C10H10N2O3. The predicted molar refractivity (Wildman–Crippen MR) is 52.6 cm³/mol. The Labute approximate surface area is 86.0 Å². The minimum Gasteiger partial charge on any atom is -0.475 e. The summed E-state index contributed by atoms with van der Waals surface area (Å²) in [5.41, 5.74) is 0.764. The van der Waals surface area contributed by atoms with E-state index >= 15 is 0 Å². The summed E-state index contributed by atoms with van der Waals surface area (Å²) < 4.78 is 7.00. The molecule has 0 aromatic carbocycles. The van der Waals surface area contributed by atoms with Gasteiger partial charge in [-0.05, 0) is 19.1 Å². The Kier molecular flexibility index (Phi) is 2.07. The van der Waals surface area contributed by atoms with E-state index in [0.717, 1.165) is 11.5 Å². The van der Waals surface area contributed by atoms with Crippen LogP contribution in [0.4, 0.5) is 0 Å². The van der Waals surface area contributed by atoms with Crippen LogP contribution in [0.2, 0.25) is 0 Å². The van der Waals surface area contributed by atoms with Crippen molar-refractivity contribution in [3.05, 3.63) is 29.9 Å². The largest absolute Gasteiger partial charge is 0.475 e. The molecule has 78 valence electrons. The molecule has 0 radical (unpaired) electrons. The van der Waals surface area contributed by atoms with Crippen LogP contribution in [0.15, 0.2) is 22.7 Å². The number of carboxylic acid groups (broad SMARTS) is 1. The van der Waals surface area contributed by atoms with Crippen LogP contribution in [-0.4, -0.2) is 20.6 Å². The summed E-state index contributed by atoms with van der Waals surface area (Å²) in [6.45, 7) is 1.87. The Morgan fingerprint density at radius 3 is 2.73 bits per heavy atom. The zero-order valence-corrected chi connectivity index (χ0v) is 8.39. The zero-order valence-electron chi connectivity index (χ0n) is 8.39. The van der Waals surface area contributed by atoms with Gasteiger partial charge in [-0.25, -0.2) is 9.78 Å². The van der Waals surface area contributed by atoms with E-state index in [-0.39, 0.29) is 5.76 Å². The molecule has 0 spiro atoms. The van der Waals surface area contributed by atoms with Crippen molar-refractivity contribution in [2.75, 3.05) is 0 Å². The van der Waals surface area contributed by atoms with E-state index in [1.165, 1.54) is 6.07 Å². The molecule has 0 amide bonds. The summed E-state index contributed by atoms with van der Waals surface area (Å²) >= 11 is 0. The fraction of sp³-hybridized carbons (Fsp3) is 0.200. The van der Waals surface area contributed by atoms with Gasteiger partial charge >= 0.3 is 5.97 Å². The number of nitrogens with zero attached hydrogens (tertiary/aromatic N) is 2. The molecule has 0 fully saturated rings. The van der Waals surface area contributed by atoms with E-state index in [0.29, 0.717) is 5.76 Å². The van der Waals surface area contributed by atoms with Crippen LogP contribution in [0, 0.1) is 6.92 Å². The van der Waals surface area contributed by atoms with Crippen molar-refractivity contribution in [1.29, 1.82) is 0 Å². The number of carboxylic acids is 1. The lowest BCUT2D eigenvalue weighted by atomic mass is 10.3. The number of rotatable bonds is 2. The minimum absolute atomic E-state index is 0.0659. The van der Waals surface area contributed by atoms with Gasteiger partial charge in [-0.2, -0.15) is 0 Å². The molecule has 0 aliphatic heterocycles. The normalized spacial score (nSPS) is 10.5. The van der Waals surface area contributed by atoms with Crippen molar-refractivity contribution in [3.63, 3.8) is 0 Å². The van der Waals surface area contributed by atoms with E-state index in [1.54, 1.807) is 12.3 Å². The van der Waals surface area contributed by atoms with E-state index in [4.69, 9.17) is 9.52 Å². The van der Waals surface area contributed by atoms with Crippen molar-refractivity contribution in [2.24, 2.45) is 7.05 Å². The fourth-order valence-electron chi connectivity index (χ4n) is 1.32. The van der Waals surface area contributed by atoms with Gasteiger partial charge in [0.25, 0.3) is 0 Å². The number of furan rings is 1. The molecule has 5 nitrogen and oxygen atoms in total. The maximum atomic E-state index is 10.6. The quantitative estimate of drug-likeness (QED) is 0.811. The molecule has 0 saturated carbocycles. The highest BCUT2D eigenvalue weighted by atomic mass is 16.4. The van der Waals surface area contributed by atoms with Crippen molar-refractivity contribution in [2.45, 2.75) is 6.92 Å². The van der Waals surface area contributed by atoms with Gasteiger partial charge in [-0.1, -0.05) is 0 Å². The molecular weight excluding hydrogens is 196 g/mol. The van der Waals surface area contributed by atoms with Crippen molar-refractivity contribution in [1.82, 2.24) is 9.55 Å². The number of aromatic carboxylic acids is 1. The van der Waals surface area contributed by atoms with Crippen molar-refractivity contribution in [3.8, 4) is 11.5 Å². The topological polar surface area (TPSA) is 68.3 Å². The number of hydrogen-bond donors (Lipinski definition) is 1. The second kappa shape index (κ2) is 3.27. The van der Waals surface area contributed by atoms with Crippen LogP contribution in [0.1, 0.15) is 16.4 Å². The van der Waals surface area contributed by atoms with Crippen LogP contribution >= 0.6 is 0 Å². The molecule has 0 unspecified atom stereocenters. The highest BCUT2D eigenvalue weighted by Gasteiger charge is 2.13. The third kappa shape index (κ3) is 1.52. The molecule has 2 rings (SSSR count).